The predicted octanol–water partition coefficient (Wildman–Crippen LogP) is 3.30. The van der Waals surface area contributed by atoms with Crippen molar-refractivity contribution < 1.29 is 0 Å². The Labute approximate surface area is 89.8 Å². The van der Waals surface area contributed by atoms with Crippen molar-refractivity contribution in [3.63, 3.8) is 0 Å². The van der Waals surface area contributed by atoms with Crippen LogP contribution in [0, 0.1) is 0 Å². The van der Waals surface area contributed by atoms with Crippen LogP contribution in [0.2, 0.25) is 5.02 Å². The largest absolute Gasteiger partial charge is 0.397 e. The van der Waals surface area contributed by atoms with Crippen molar-refractivity contribution in [2.24, 2.45) is 0 Å². The van der Waals surface area contributed by atoms with E-state index in [2.05, 4.69) is 11.4 Å². The number of nitrogens with two attached hydrogens (primary N) is 1. The van der Waals surface area contributed by atoms with E-state index in [1.165, 1.54) is 0 Å². The molecule has 0 fully saturated rings. The second-order valence-corrected chi connectivity index (χ2v) is 3.45. The SMILES string of the molecule is C/C=C/CCNc1cc(Cl)ccc1N. The zero-order valence-corrected chi connectivity index (χ0v) is 9.01. The molecular weight excluding hydrogens is 196 g/mol. The summed E-state index contributed by atoms with van der Waals surface area (Å²) in [6, 6.07) is 5.43. The molecule has 0 amide bonds. The first-order valence-electron chi connectivity index (χ1n) is 4.64. The van der Waals surface area contributed by atoms with E-state index in [0.29, 0.717) is 5.02 Å². The first-order valence-corrected chi connectivity index (χ1v) is 5.02. The molecule has 1 aromatic carbocycles. The van der Waals surface area contributed by atoms with Crippen molar-refractivity contribution in [2.75, 3.05) is 17.6 Å². The van der Waals surface area contributed by atoms with Gasteiger partial charge in [0, 0.05) is 11.6 Å². The smallest absolute Gasteiger partial charge is 0.0588 e. The molecule has 0 spiro atoms. The Hall–Kier alpha value is -1.15. The van der Waals surface area contributed by atoms with Gasteiger partial charge in [-0.05, 0) is 31.5 Å². The topological polar surface area (TPSA) is 38.0 Å². The van der Waals surface area contributed by atoms with Crippen LogP contribution in [0.3, 0.4) is 0 Å². The summed E-state index contributed by atoms with van der Waals surface area (Å²) in [5.41, 5.74) is 7.40. The highest BCUT2D eigenvalue weighted by molar-refractivity contribution is 6.31. The predicted molar refractivity (Wildman–Crippen MR) is 63.8 cm³/mol. The molecule has 0 aliphatic carbocycles. The van der Waals surface area contributed by atoms with E-state index in [-0.39, 0.29) is 0 Å². The molecule has 14 heavy (non-hydrogen) atoms. The summed E-state index contributed by atoms with van der Waals surface area (Å²) >= 11 is 5.85. The number of hydrogen-bond acceptors (Lipinski definition) is 2. The van der Waals surface area contributed by atoms with Gasteiger partial charge in [-0.2, -0.15) is 0 Å². The van der Waals surface area contributed by atoms with Crippen LogP contribution in [-0.4, -0.2) is 6.54 Å². The summed E-state index contributed by atoms with van der Waals surface area (Å²) in [5.74, 6) is 0. The van der Waals surface area contributed by atoms with Gasteiger partial charge in [-0.15, -0.1) is 0 Å². The zero-order chi connectivity index (χ0) is 10.4. The summed E-state index contributed by atoms with van der Waals surface area (Å²) in [5, 5.41) is 3.93. The van der Waals surface area contributed by atoms with Gasteiger partial charge in [0.15, 0.2) is 0 Å². The Balaban J connectivity index is 2.53. The fourth-order valence-electron chi connectivity index (χ4n) is 1.14. The van der Waals surface area contributed by atoms with Crippen molar-refractivity contribution in [1.29, 1.82) is 0 Å². The van der Waals surface area contributed by atoms with Crippen molar-refractivity contribution in [3.05, 3.63) is 35.4 Å². The van der Waals surface area contributed by atoms with Gasteiger partial charge in [0.2, 0.25) is 0 Å². The second-order valence-electron chi connectivity index (χ2n) is 3.02. The van der Waals surface area contributed by atoms with E-state index in [0.717, 1.165) is 24.3 Å². The van der Waals surface area contributed by atoms with Crippen LogP contribution < -0.4 is 11.1 Å². The van der Waals surface area contributed by atoms with Crippen molar-refractivity contribution in [1.82, 2.24) is 0 Å². The first-order chi connectivity index (χ1) is 6.74. The monoisotopic (exact) mass is 210 g/mol. The van der Waals surface area contributed by atoms with Crippen LogP contribution in [0.5, 0.6) is 0 Å². The molecule has 1 rings (SSSR count). The molecule has 0 unspecified atom stereocenters. The highest BCUT2D eigenvalue weighted by Crippen LogP contribution is 2.22. The maximum atomic E-state index is 5.85. The summed E-state index contributed by atoms with van der Waals surface area (Å²) < 4.78 is 0. The third kappa shape index (κ3) is 3.30. The lowest BCUT2D eigenvalue weighted by molar-refractivity contribution is 1.07. The van der Waals surface area contributed by atoms with Gasteiger partial charge in [-0.25, -0.2) is 0 Å². The Morgan fingerprint density at radius 2 is 2.29 bits per heavy atom. The lowest BCUT2D eigenvalue weighted by atomic mass is 10.2. The minimum Gasteiger partial charge on any atom is -0.397 e. The fraction of sp³-hybridized carbons (Fsp3) is 0.273. The quantitative estimate of drug-likeness (QED) is 0.455. The molecule has 1 aromatic rings. The number of rotatable bonds is 4. The summed E-state index contributed by atoms with van der Waals surface area (Å²) in [7, 11) is 0. The van der Waals surface area contributed by atoms with Gasteiger partial charge in [0.25, 0.3) is 0 Å². The van der Waals surface area contributed by atoms with E-state index in [1.54, 1.807) is 12.1 Å². The van der Waals surface area contributed by atoms with E-state index in [9.17, 15) is 0 Å². The molecule has 0 aromatic heterocycles. The normalized spacial score (nSPS) is 10.7. The van der Waals surface area contributed by atoms with E-state index in [4.69, 9.17) is 17.3 Å². The maximum Gasteiger partial charge on any atom is 0.0588 e. The second kappa shape index (κ2) is 5.55. The summed E-state index contributed by atoms with van der Waals surface area (Å²) in [4.78, 5) is 0. The maximum absolute atomic E-state index is 5.85. The number of anilines is 2. The van der Waals surface area contributed by atoms with Crippen LogP contribution in [0.1, 0.15) is 13.3 Å². The average Bonchev–Trinajstić information content (AvgIpc) is 2.18. The molecule has 3 heteroatoms. The number of allylic oxidation sites excluding steroid dienone is 1. The minimum atomic E-state index is 0.702. The van der Waals surface area contributed by atoms with Gasteiger partial charge in [0.05, 0.1) is 11.4 Å². The molecule has 0 radical (unpaired) electrons. The molecule has 0 aliphatic rings. The molecule has 0 heterocycles. The van der Waals surface area contributed by atoms with Crippen LogP contribution in [0.15, 0.2) is 30.4 Å². The molecule has 2 nitrogen and oxygen atoms in total. The van der Waals surface area contributed by atoms with Crippen LogP contribution >= 0.6 is 11.6 Å². The standard InChI is InChI=1S/C11H15ClN2/c1-2-3-4-7-14-11-8-9(12)5-6-10(11)13/h2-3,5-6,8,14H,4,7,13H2,1H3/b3-2+. The zero-order valence-electron chi connectivity index (χ0n) is 8.26. The number of halogens is 1. The minimum absolute atomic E-state index is 0.702. The van der Waals surface area contributed by atoms with E-state index >= 15 is 0 Å². The highest BCUT2D eigenvalue weighted by Gasteiger charge is 1.97. The average molecular weight is 211 g/mol. The van der Waals surface area contributed by atoms with E-state index < -0.39 is 0 Å². The van der Waals surface area contributed by atoms with Crippen LogP contribution in [0.4, 0.5) is 11.4 Å². The Morgan fingerprint density at radius 1 is 1.50 bits per heavy atom. The van der Waals surface area contributed by atoms with Gasteiger partial charge >= 0.3 is 0 Å². The lowest BCUT2D eigenvalue weighted by Gasteiger charge is -2.08. The fourth-order valence-corrected chi connectivity index (χ4v) is 1.31. The Kier molecular flexibility index (Phi) is 4.33. The number of hydrogen-bond donors (Lipinski definition) is 2. The summed E-state index contributed by atoms with van der Waals surface area (Å²) in [6.45, 7) is 2.88. The summed E-state index contributed by atoms with van der Waals surface area (Å²) in [6.07, 6.45) is 5.12. The number of nitrogen functional groups attached to an aromatic ring is 1. The molecule has 0 atom stereocenters. The van der Waals surface area contributed by atoms with Crippen LogP contribution in [-0.2, 0) is 0 Å². The highest BCUT2D eigenvalue weighted by atomic mass is 35.5. The Morgan fingerprint density at radius 3 is 3.00 bits per heavy atom. The molecule has 76 valence electrons. The van der Waals surface area contributed by atoms with Gasteiger partial charge in [-0.1, -0.05) is 23.8 Å². The van der Waals surface area contributed by atoms with Gasteiger partial charge in [0.1, 0.15) is 0 Å². The third-order valence-electron chi connectivity index (χ3n) is 1.88. The molecular formula is C11H15ClN2. The first kappa shape index (κ1) is 10.9. The van der Waals surface area contributed by atoms with Crippen molar-refractivity contribution in [2.45, 2.75) is 13.3 Å². The molecule has 0 saturated heterocycles. The van der Waals surface area contributed by atoms with Gasteiger partial charge in [-0.3, -0.25) is 0 Å². The van der Waals surface area contributed by atoms with E-state index in [1.807, 2.05) is 19.1 Å². The molecule has 3 N–H and O–H groups in total. The van der Waals surface area contributed by atoms with Gasteiger partial charge < -0.3 is 11.1 Å². The molecule has 0 aliphatic heterocycles. The molecule has 0 bridgehead atoms. The van der Waals surface area contributed by atoms with Crippen LogP contribution in [0.25, 0.3) is 0 Å². The van der Waals surface area contributed by atoms with Crippen molar-refractivity contribution in [3.8, 4) is 0 Å². The lowest BCUT2D eigenvalue weighted by Crippen LogP contribution is -2.03. The number of benzene rings is 1. The van der Waals surface area contributed by atoms with Crippen molar-refractivity contribution >= 4 is 23.0 Å². The third-order valence-corrected chi connectivity index (χ3v) is 2.11. The number of nitrogens with one attached hydrogen (secondary N) is 1. The Bertz CT molecular complexity index is 321. The molecule has 0 saturated carbocycles.